The standard InChI is InChI=1S/C18H27N3O3.ClH/c1-20-17(23)13-6-7-15(24-2)14(10-13)21-16(22)11-18(12-19)8-4-3-5-9-18;/h6-7,10H,3-5,8-9,11-12,19H2,1-2H3,(H,20,23)(H,21,22);1H. The van der Waals surface area contributed by atoms with Crippen LogP contribution in [0.2, 0.25) is 0 Å². The summed E-state index contributed by atoms with van der Waals surface area (Å²) in [5.74, 6) is 0.231. The topological polar surface area (TPSA) is 93.5 Å². The number of nitrogens with one attached hydrogen (secondary N) is 2. The van der Waals surface area contributed by atoms with E-state index in [1.807, 2.05) is 0 Å². The van der Waals surface area contributed by atoms with Crippen LogP contribution in [0.5, 0.6) is 5.75 Å². The number of hydrogen-bond acceptors (Lipinski definition) is 4. The second-order valence-electron chi connectivity index (χ2n) is 6.48. The van der Waals surface area contributed by atoms with Gasteiger partial charge in [0.25, 0.3) is 5.91 Å². The van der Waals surface area contributed by atoms with Crippen LogP contribution in [-0.4, -0.2) is 32.5 Å². The minimum absolute atomic E-state index is 0. The zero-order valence-corrected chi connectivity index (χ0v) is 15.7. The molecule has 1 aromatic rings. The monoisotopic (exact) mass is 369 g/mol. The molecule has 7 heteroatoms. The molecule has 0 radical (unpaired) electrons. The number of rotatable bonds is 6. The van der Waals surface area contributed by atoms with Crippen molar-refractivity contribution < 1.29 is 14.3 Å². The second-order valence-corrected chi connectivity index (χ2v) is 6.48. The highest BCUT2D eigenvalue weighted by Crippen LogP contribution is 2.39. The van der Waals surface area contributed by atoms with Gasteiger partial charge in [-0.15, -0.1) is 12.4 Å². The molecule has 6 nitrogen and oxygen atoms in total. The Bertz CT molecular complexity index is 601. The molecule has 0 atom stereocenters. The van der Waals surface area contributed by atoms with E-state index in [0.29, 0.717) is 30.0 Å². The first-order valence-electron chi connectivity index (χ1n) is 8.43. The van der Waals surface area contributed by atoms with Crippen LogP contribution in [0, 0.1) is 5.41 Å². The maximum atomic E-state index is 12.5. The van der Waals surface area contributed by atoms with Gasteiger partial charge >= 0.3 is 0 Å². The molecular weight excluding hydrogens is 342 g/mol. The first kappa shape index (κ1) is 21.3. The van der Waals surface area contributed by atoms with Gasteiger partial charge < -0.3 is 21.1 Å². The largest absolute Gasteiger partial charge is 0.495 e. The van der Waals surface area contributed by atoms with Gasteiger partial charge in [0.05, 0.1) is 12.8 Å². The van der Waals surface area contributed by atoms with Crippen LogP contribution in [-0.2, 0) is 4.79 Å². The van der Waals surface area contributed by atoms with E-state index in [2.05, 4.69) is 10.6 Å². The zero-order valence-electron chi connectivity index (χ0n) is 14.9. The van der Waals surface area contributed by atoms with E-state index >= 15 is 0 Å². The molecule has 0 aliphatic heterocycles. The van der Waals surface area contributed by atoms with Gasteiger partial charge in [-0.25, -0.2) is 0 Å². The molecule has 25 heavy (non-hydrogen) atoms. The number of anilines is 1. The molecule has 1 aromatic carbocycles. The van der Waals surface area contributed by atoms with Crippen LogP contribution in [0.15, 0.2) is 18.2 Å². The number of carbonyl (C=O) groups excluding carboxylic acids is 2. The second kappa shape index (κ2) is 9.63. The summed E-state index contributed by atoms with van der Waals surface area (Å²) in [6.45, 7) is 0.524. The van der Waals surface area contributed by atoms with Crippen molar-refractivity contribution in [1.29, 1.82) is 0 Å². The Hall–Kier alpha value is -1.79. The molecule has 1 aliphatic rings. The highest BCUT2D eigenvalue weighted by molar-refractivity contribution is 5.98. The number of hydrogen-bond donors (Lipinski definition) is 3. The molecule has 0 heterocycles. The van der Waals surface area contributed by atoms with Crippen LogP contribution in [0.25, 0.3) is 0 Å². The summed E-state index contributed by atoms with van der Waals surface area (Å²) in [6, 6.07) is 4.97. The summed E-state index contributed by atoms with van der Waals surface area (Å²) in [4.78, 5) is 24.3. The van der Waals surface area contributed by atoms with Gasteiger partial charge in [-0.1, -0.05) is 19.3 Å². The lowest BCUT2D eigenvalue weighted by molar-refractivity contribution is -0.118. The third-order valence-corrected chi connectivity index (χ3v) is 4.85. The number of methoxy groups -OCH3 is 1. The van der Waals surface area contributed by atoms with Crippen LogP contribution < -0.4 is 21.1 Å². The van der Waals surface area contributed by atoms with Gasteiger partial charge in [0.2, 0.25) is 5.91 Å². The van der Waals surface area contributed by atoms with Crippen LogP contribution in [0.4, 0.5) is 5.69 Å². The molecule has 4 N–H and O–H groups in total. The number of benzene rings is 1. The lowest BCUT2D eigenvalue weighted by Crippen LogP contribution is -2.36. The van der Waals surface area contributed by atoms with Gasteiger partial charge in [-0.3, -0.25) is 9.59 Å². The van der Waals surface area contributed by atoms with Crippen molar-refractivity contribution in [3.63, 3.8) is 0 Å². The van der Waals surface area contributed by atoms with E-state index in [4.69, 9.17) is 10.5 Å². The van der Waals surface area contributed by atoms with E-state index in [1.165, 1.54) is 13.5 Å². The fraction of sp³-hybridized carbons (Fsp3) is 0.556. The molecule has 2 amide bonds. The molecule has 2 rings (SSSR count). The van der Waals surface area contributed by atoms with Gasteiger partial charge in [0.15, 0.2) is 0 Å². The quantitative estimate of drug-likeness (QED) is 0.718. The minimum atomic E-state index is -0.209. The molecule has 1 saturated carbocycles. The SMILES string of the molecule is CNC(=O)c1ccc(OC)c(NC(=O)CC2(CN)CCCCC2)c1.Cl. The molecule has 140 valence electrons. The van der Waals surface area contributed by atoms with Crippen molar-refractivity contribution in [3.8, 4) is 5.75 Å². The van der Waals surface area contributed by atoms with Crippen molar-refractivity contribution >= 4 is 29.9 Å². The van der Waals surface area contributed by atoms with Crippen molar-refractivity contribution in [2.24, 2.45) is 11.1 Å². The predicted octanol–water partition coefficient (Wildman–Crippen LogP) is 2.71. The summed E-state index contributed by atoms with van der Waals surface area (Å²) in [5.41, 5.74) is 6.84. The first-order chi connectivity index (χ1) is 11.5. The Kier molecular flexibility index (Phi) is 8.19. The lowest BCUT2D eigenvalue weighted by Gasteiger charge is -2.35. The van der Waals surface area contributed by atoms with Crippen molar-refractivity contribution in [2.45, 2.75) is 38.5 Å². The summed E-state index contributed by atoms with van der Waals surface area (Å²) in [7, 11) is 3.10. The zero-order chi connectivity index (χ0) is 17.6. The van der Waals surface area contributed by atoms with Crippen molar-refractivity contribution in [3.05, 3.63) is 23.8 Å². The van der Waals surface area contributed by atoms with Gasteiger partial charge in [-0.05, 0) is 43.0 Å². The Morgan fingerprint density at radius 3 is 2.48 bits per heavy atom. The minimum Gasteiger partial charge on any atom is -0.495 e. The molecule has 0 bridgehead atoms. The van der Waals surface area contributed by atoms with E-state index in [-0.39, 0.29) is 29.6 Å². The van der Waals surface area contributed by atoms with E-state index in [9.17, 15) is 9.59 Å². The van der Waals surface area contributed by atoms with Gasteiger partial charge in [-0.2, -0.15) is 0 Å². The fourth-order valence-corrected chi connectivity index (χ4v) is 3.38. The number of nitrogens with two attached hydrogens (primary N) is 1. The van der Waals surface area contributed by atoms with E-state index in [1.54, 1.807) is 25.2 Å². The first-order valence-corrected chi connectivity index (χ1v) is 8.43. The van der Waals surface area contributed by atoms with E-state index in [0.717, 1.165) is 25.7 Å². The Labute approximate surface area is 155 Å². The average Bonchev–Trinajstić information content (AvgIpc) is 2.61. The van der Waals surface area contributed by atoms with Crippen LogP contribution in [0.3, 0.4) is 0 Å². The lowest BCUT2D eigenvalue weighted by atomic mass is 9.71. The molecule has 0 aromatic heterocycles. The third kappa shape index (κ3) is 5.34. The Balaban J connectivity index is 0.00000312. The summed E-state index contributed by atoms with van der Waals surface area (Å²) in [6.07, 6.45) is 5.85. The maximum Gasteiger partial charge on any atom is 0.251 e. The van der Waals surface area contributed by atoms with E-state index < -0.39 is 0 Å². The van der Waals surface area contributed by atoms with Gasteiger partial charge in [0.1, 0.15) is 5.75 Å². The maximum absolute atomic E-state index is 12.5. The molecule has 1 aliphatic carbocycles. The number of carbonyl (C=O) groups is 2. The molecule has 0 unspecified atom stereocenters. The molecule has 0 spiro atoms. The smallest absolute Gasteiger partial charge is 0.251 e. The Morgan fingerprint density at radius 1 is 1.24 bits per heavy atom. The van der Waals surface area contributed by atoms with Crippen molar-refractivity contribution in [2.75, 3.05) is 26.0 Å². The fourth-order valence-electron chi connectivity index (χ4n) is 3.38. The highest BCUT2D eigenvalue weighted by Gasteiger charge is 2.33. The van der Waals surface area contributed by atoms with Crippen molar-refractivity contribution in [1.82, 2.24) is 5.32 Å². The molecular formula is C18H28ClN3O3. The summed E-state index contributed by atoms with van der Waals surface area (Å²) in [5, 5.41) is 5.46. The Morgan fingerprint density at radius 2 is 1.92 bits per heavy atom. The number of halogens is 1. The highest BCUT2D eigenvalue weighted by atomic mass is 35.5. The normalized spacial score (nSPS) is 15.6. The summed E-state index contributed by atoms with van der Waals surface area (Å²) < 4.78 is 5.28. The predicted molar refractivity (Wildman–Crippen MR) is 101 cm³/mol. The van der Waals surface area contributed by atoms with Crippen LogP contribution in [0.1, 0.15) is 48.9 Å². The van der Waals surface area contributed by atoms with Gasteiger partial charge in [0, 0.05) is 19.0 Å². The average molecular weight is 370 g/mol. The van der Waals surface area contributed by atoms with Crippen LogP contribution >= 0.6 is 12.4 Å². The molecule has 1 fully saturated rings. The summed E-state index contributed by atoms with van der Waals surface area (Å²) >= 11 is 0. The number of ether oxygens (including phenoxy) is 1. The third-order valence-electron chi connectivity index (χ3n) is 4.85. The number of amides is 2. The molecule has 0 saturated heterocycles.